The largest absolute Gasteiger partial charge is 0.496 e. The molecule has 1 aromatic rings. The van der Waals surface area contributed by atoms with Crippen LogP contribution in [-0.2, 0) is 11.2 Å². The van der Waals surface area contributed by atoms with Crippen LogP contribution in [0.5, 0.6) is 5.75 Å². The highest BCUT2D eigenvalue weighted by Crippen LogP contribution is 2.25. The van der Waals surface area contributed by atoms with E-state index in [1.165, 1.54) is 7.11 Å². The Morgan fingerprint density at radius 2 is 2.06 bits per heavy atom. The number of benzene rings is 1. The Balaban J connectivity index is 3.07. The number of aryl methyl sites for hydroxylation is 2. The van der Waals surface area contributed by atoms with E-state index in [-0.39, 0.29) is 6.42 Å². The van der Waals surface area contributed by atoms with E-state index in [1.807, 2.05) is 26.0 Å². The van der Waals surface area contributed by atoms with E-state index in [4.69, 9.17) is 9.84 Å². The van der Waals surface area contributed by atoms with Crippen LogP contribution in [0.1, 0.15) is 16.7 Å². The maximum absolute atomic E-state index is 10.6. The lowest BCUT2D eigenvalue weighted by molar-refractivity contribution is -0.146. The fourth-order valence-electron chi connectivity index (χ4n) is 1.68. The lowest BCUT2D eigenvalue weighted by Crippen LogP contribution is -2.22. The van der Waals surface area contributed by atoms with Crippen LogP contribution in [0.25, 0.3) is 0 Å². The molecule has 1 unspecified atom stereocenters. The number of aliphatic hydroxyl groups excluding tert-OH is 1. The van der Waals surface area contributed by atoms with Crippen molar-refractivity contribution in [3.63, 3.8) is 0 Å². The van der Waals surface area contributed by atoms with E-state index in [0.717, 1.165) is 16.7 Å². The first kappa shape index (κ1) is 12.5. The minimum Gasteiger partial charge on any atom is -0.496 e. The van der Waals surface area contributed by atoms with Crippen molar-refractivity contribution in [1.82, 2.24) is 0 Å². The van der Waals surface area contributed by atoms with Gasteiger partial charge in [0.25, 0.3) is 0 Å². The minimum atomic E-state index is -1.39. The van der Waals surface area contributed by atoms with Gasteiger partial charge in [-0.2, -0.15) is 0 Å². The predicted molar refractivity (Wildman–Crippen MR) is 59.8 cm³/mol. The number of carbonyl (C=O) groups is 1. The van der Waals surface area contributed by atoms with Gasteiger partial charge in [0.2, 0.25) is 0 Å². The smallest absolute Gasteiger partial charge is 0.332 e. The van der Waals surface area contributed by atoms with Crippen LogP contribution in [0.3, 0.4) is 0 Å². The number of hydrogen-bond donors (Lipinski definition) is 2. The zero-order valence-corrected chi connectivity index (χ0v) is 9.65. The number of carboxylic acids is 1. The highest BCUT2D eigenvalue weighted by atomic mass is 16.5. The van der Waals surface area contributed by atoms with Crippen LogP contribution >= 0.6 is 0 Å². The summed E-state index contributed by atoms with van der Waals surface area (Å²) in [6, 6.07) is 3.77. The number of ether oxygens (including phenoxy) is 1. The molecule has 0 heterocycles. The summed E-state index contributed by atoms with van der Waals surface area (Å²) < 4.78 is 5.18. The third kappa shape index (κ3) is 2.73. The van der Waals surface area contributed by atoms with E-state index in [1.54, 1.807) is 0 Å². The first-order valence-corrected chi connectivity index (χ1v) is 5.00. The van der Waals surface area contributed by atoms with Gasteiger partial charge in [0.15, 0.2) is 6.10 Å². The molecule has 0 saturated carbocycles. The van der Waals surface area contributed by atoms with Crippen LogP contribution in [0, 0.1) is 13.8 Å². The van der Waals surface area contributed by atoms with Crippen molar-refractivity contribution < 1.29 is 19.7 Å². The molecule has 0 spiro atoms. The van der Waals surface area contributed by atoms with Gasteiger partial charge in [-0.3, -0.25) is 0 Å². The van der Waals surface area contributed by atoms with E-state index in [2.05, 4.69) is 0 Å². The van der Waals surface area contributed by atoms with Crippen molar-refractivity contribution >= 4 is 5.97 Å². The maximum atomic E-state index is 10.6. The van der Waals surface area contributed by atoms with Crippen molar-refractivity contribution in [1.29, 1.82) is 0 Å². The molecule has 0 aliphatic rings. The molecule has 1 aromatic carbocycles. The summed E-state index contributed by atoms with van der Waals surface area (Å²) in [6.45, 7) is 3.81. The third-order valence-electron chi connectivity index (χ3n) is 2.48. The van der Waals surface area contributed by atoms with Gasteiger partial charge in [-0.05, 0) is 31.0 Å². The van der Waals surface area contributed by atoms with Gasteiger partial charge >= 0.3 is 5.97 Å². The summed E-state index contributed by atoms with van der Waals surface area (Å²) >= 11 is 0. The quantitative estimate of drug-likeness (QED) is 0.809. The molecular weight excluding hydrogens is 208 g/mol. The molecule has 1 rings (SSSR count). The highest BCUT2D eigenvalue weighted by molar-refractivity contribution is 5.72. The molecule has 0 aliphatic carbocycles. The van der Waals surface area contributed by atoms with Gasteiger partial charge in [0.1, 0.15) is 5.75 Å². The Morgan fingerprint density at radius 3 is 2.56 bits per heavy atom. The number of hydrogen-bond acceptors (Lipinski definition) is 3. The standard InChI is InChI=1S/C12H16O4/c1-7-4-8(2)9(11(5-7)16-3)6-10(13)12(14)15/h4-5,10,13H,6H2,1-3H3,(H,14,15). The van der Waals surface area contributed by atoms with Crippen molar-refractivity contribution in [2.75, 3.05) is 7.11 Å². The van der Waals surface area contributed by atoms with Gasteiger partial charge in [-0.15, -0.1) is 0 Å². The fourth-order valence-corrected chi connectivity index (χ4v) is 1.68. The highest BCUT2D eigenvalue weighted by Gasteiger charge is 2.18. The Kier molecular flexibility index (Phi) is 3.90. The van der Waals surface area contributed by atoms with E-state index in [0.29, 0.717) is 5.75 Å². The molecule has 0 fully saturated rings. The van der Waals surface area contributed by atoms with Crippen LogP contribution in [0.15, 0.2) is 12.1 Å². The molecule has 1 atom stereocenters. The average Bonchev–Trinajstić information content (AvgIpc) is 2.21. The van der Waals surface area contributed by atoms with Crippen molar-refractivity contribution in [3.8, 4) is 5.75 Å². The second kappa shape index (κ2) is 4.99. The monoisotopic (exact) mass is 224 g/mol. The minimum absolute atomic E-state index is 0.0601. The number of carboxylic acid groups (broad SMARTS) is 1. The Morgan fingerprint density at radius 1 is 1.44 bits per heavy atom. The molecule has 0 aliphatic heterocycles. The Hall–Kier alpha value is -1.55. The van der Waals surface area contributed by atoms with E-state index < -0.39 is 12.1 Å². The van der Waals surface area contributed by atoms with Gasteiger partial charge in [-0.25, -0.2) is 4.79 Å². The van der Waals surface area contributed by atoms with Gasteiger partial charge in [-0.1, -0.05) is 6.07 Å². The molecule has 0 saturated heterocycles. The number of aliphatic hydroxyl groups is 1. The van der Waals surface area contributed by atoms with Gasteiger partial charge < -0.3 is 14.9 Å². The topological polar surface area (TPSA) is 66.8 Å². The number of methoxy groups -OCH3 is 1. The molecule has 0 amide bonds. The summed E-state index contributed by atoms with van der Waals surface area (Å²) in [5.74, 6) is -0.597. The first-order chi connectivity index (χ1) is 7.45. The first-order valence-electron chi connectivity index (χ1n) is 5.00. The van der Waals surface area contributed by atoms with Gasteiger partial charge in [0, 0.05) is 12.0 Å². The molecule has 0 radical (unpaired) electrons. The lowest BCUT2D eigenvalue weighted by atomic mass is 9.99. The number of aliphatic carboxylic acids is 1. The molecule has 0 aromatic heterocycles. The fraction of sp³-hybridized carbons (Fsp3) is 0.417. The number of rotatable bonds is 4. The molecule has 2 N–H and O–H groups in total. The van der Waals surface area contributed by atoms with Crippen molar-refractivity contribution in [2.24, 2.45) is 0 Å². The zero-order chi connectivity index (χ0) is 12.3. The predicted octanol–water partition coefficient (Wildman–Crippen LogP) is 1.30. The molecule has 4 heteroatoms. The normalized spacial score (nSPS) is 12.2. The summed E-state index contributed by atoms with van der Waals surface area (Å²) in [5, 5.41) is 18.0. The summed E-state index contributed by atoms with van der Waals surface area (Å²) in [4.78, 5) is 10.6. The molecule has 4 nitrogen and oxygen atoms in total. The summed E-state index contributed by atoms with van der Waals surface area (Å²) in [5.41, 5.74) is 2.71. The maximum Gasteiger partial charge on any atom is 0.332 e. The van der Waals surface area contributed by atoms with Crippen molar-refractivity contribution in [3.05, 3.63) is 28.8 Å². The Bertz CT molecular complexity index is 398. The lowest BCUT2D eigenvalue weighted by Gasteiger charge is -2.14. The second-order valence-corrected chi connectivity index (χ2v) is 3.82. The molecule has 16 heavy (non-hydrogen) atoms. The molecular formula is C12H16O4. The van der Waals surface area contributed by atoms with Crippen LogP contribution < -0.4 is 4.74 Å². The summed E-state index contributed by atoms with van der Waals surface area (Å²) in [6.07, 6.45) is -1.33. The second-order valence-electron chi connectivity index (χ2n) is 3.82. The third-order valence-corrected chi connectivity index (χ3v) is 2.48. The zero-order valence-electron chi connectivity index (χ0n) is 9.65. The molecule has 0 bridgehead atoms. The average molecular weight is 224 g/mol. The van der Waals surface area contributed by atoms with Crippen LogP contribution in [0.4, 0.5) is 0 Å². The van der Waals surface area contributed by atoms with Crippen LogP contribution in [-0.4, -0.2) is 29.4 Å². The Labute approximate surface area is 94.5 Å². The molecule has 88 valence electrons. The summed E-state index contributed by atoms with van der Waals surface area (Å²) in [7, 11) is 1.53. The van der Waals surface area contributed by atoms with E-state index >= 15 is 0 Å². The van der Waals surface area contributed by atoms with Crippen molar-refractivity contribution in [2.45, 2.75) is 26.4 Å². The van der Waals surface area contributed by atoms with Gasteiger partial charge in [0.05, 0.1) is 7.11 Å². The SMILES string of the molecule is COc1cc(C)cc(C)c1CC(O)C(=O)O. The van der Waals surface area contributed by atoms with Crippen LogP contribution in [0.2, 0.25) is 0 Å². The van der Waals surface area contributed by atoms with E-state index in [9.17, 15) is 9.90 Å².